The first-order chi connectivity index (χ1) is 32.5. The molecule has 0 aliphatic carbocycles. The summed E-state index contributed by atoms with van der Waals surface area (Å²) >= 11 is 0. The summed E-state index contributed by atoms with van der Waals surface area (Å²) in [5, 5.41) is 31.4. The zero-order valence-electron chi connectivity index (χ0n) is 40.4. The van der Waals surface area contributed by atoms with E-state index in [-0.39, 0.29) is 148 Å². The van der Waals surface area contributed by atoms with Crippen molar-refractivity contribution in [3.05, 3.63) is 0 Å². The molecule has 0 radical (unpaired) electrons. The van der Waals surface area contributed by atoms with E-state index in [4.69, 9.17) is 38.3 Å². The third kappa shape index (κ3) is 48.3. The summed E-state index contributed by atoms with van der Waals surface area (Å²) in [5.74, 6) is -3.45. The summed E-state index contributed by atoms with van der Waals surface area (Å²) in [6.45, 7) is 6.00. The summed E-state index contributed by atoms with van der Waals surface area (Å²) in [6.07, 6.45) is 16.4. The minimum Gasteiger partial charge on any atom is -0.481 e. The van der Waals surface area contributed by atoms with Crippen molar-refractivity contribution in [1.29, 1.82) is 0 Å². The van der Waals surface area contributed by atoms with Crippen molar-refractivity contribution in [2.75, 3.05) is 119 Å². The second-order valence-electron chi connectivity index (χ2n) is 15.8. The smallest absolute Gasteiger partial charge is 0.326 e. The average Bonchev–Trinajstić information content (AvgIpc) is 3.29. The molecule has 0 bridgehead atoms. The van der Waals surface area contributed by atoms with Gasteiger partial charge in [0.15, 0.2) is 0 Å². The van der Waals surface area contributed by atoms with E-state index in [1.165, 1.54) is 38.5 Å². The van der Waals surface area contributed by atoms with E-state index in [0.29, 0.717) is 32.7 Å². The Morgan fingerprint density at radius 2 is 0.701 bits per heavy atom. The van der Waals surface area contributed by atoms with Crippen LogP contribution < -0.4 is 26.6 Å². The highest BCUT2D eigenvalue weighted by atomic mass is 16.5. The van der Waals surface area contributed by atoms with Crippen LogP contribution >= 0.6 is 0 Å². The van der Waals surface area contributed by atoms with Gasteiger partial charge in [0, 0.05) is 52.0 Å². The number of carboxylic acids is 2. The lowest BCUT2D eigenvalue weighted by Gasteiger charge is -2.14. The highest BCUT2D eigenvalue weighted by Crippen LogP contribution is 2.14. The highest BCUT2D eigenvalue weighted by Gasteiger charge is 2.21. The lowest BCUT2D eigenvalue weighted by molar-refractivity contribution is -0.142. The van der Waals surface area contributed by atoms with Crippen LogP contribution in [0.3, 0.4) is 0 Å². The van der Waals surface area contributed by atoms with Gasteiger partial charge >= 0.3 is 11.9 Å². The van der Waals surface area contributed by atoms with E-state index >= 15 is 0 Å². The molecule has 0 saturated carbocycles. The van der Waals surface area contributed by atoms with Crippen molar-refractivity contribution in [1.82, 2.24) is 26.6 Å². The number of hydrogen-bond acceptors (Lipinski definition) is 14. The molecule has 0 aromatic carbocycles. The normalized spacial score (nSPS) is 11.5. The molecule has 67 heavy (non-hydrogen) atoms. The van der Waals surface area contributed by atoms with Crippen LogP contribution in [0.25, 0.3) is 0 Å². The number of hydrogen-bond donors (Lipinski definition) is 7. The maximum atomic E-state index is 12.3. The molecule has 7 N–H and O–H groups in total. The van der Waals surface area contributed by atoms with Crippen LogP contribution in [0.2, 0.25) is 0 Å². The molecule has 0 rings (SSSR count). The first kappa shape index (κ1) is 63.0. The van der Waals surface area contributed by atoms with Gasteiger partial charge in [-0.1, -0.05) is 84.0 Å². The number of unbranched alkanes of at least 4 members (excludes halogenated alkanes) is 13. The van der Waals surface area contributed by atoms with Crippen LogP contribution in [0.4, 0.5) is 0 Å². The number of carbonyl (C=O) groups is 7. The fourth-order valence-electron chi connectivity index (χ4n) is 6.18. The maximum absolute atomic E-state index is 12.3. The van der Waals surface area contributed by atoms with Crippen LogP contribution in [0.1, 0.15) is 129 Å². The number of amides is 5. The maximum Gasteiger partial charge on any atom is 0.326 e. The second-order valence-corrected chi connectivity index (χ2v) is 15.8. The van der Waals surface area contributed by atoms with Crippen LogP contribution in [0.15, 0.2) is 0 Å². The minimum absolute atomic E-state index is 0.0316. The molecule has 390 valence electrons. The van der Waals surface area contributed by atoms with Gasteiger partial charge in [-0.05, 0) is 25.7 Å². The molecule has 0 aliphatic rings. The third-order valence-electron chi connectivity index (χ3n) is 9.78. The van der Waals surface area contributed by atoms with Crippen molar-refractivity contribution >= 4 is 41.5 Å². The SMILES string of the molecule is CCCOCCNC(=O)COCCOCCNC(=O)COCCOCCNC(=O)COCCOCCNC(=O)CC[C@H](NC(=O)CCCCCCCCCCCCCCCCC(=O)O)C(=O)O. The standard InChI is InChI=1S/C46H85N5O16/c1-2-25-61-26-22-48-42(54)36-66-34-31-63-28-24-50-44(56)38-67-35-32-64-29-23-49-43(55)37-65-33-30-62-27-21-47-40(52)20-19-39(46(59)60)51-41(53)17-15-13-11-9-7-5-3-4-6-8-10-12-14-16-18-45(57)58/h39H,2-38H2,1H3,(H,47,52)(H,48,54)(H,49,55)(H,50,56)(H,51,53)(H,57,58)(H,59,60)/t39-/m0/s1. The van der Waals surface area contributed by atoms with Gasteiger partial charge in [-0.25, -0.2) is 4.79 Å². The third-order valence-corrected chi connectivity index (χ3v) is 9.78. The second kappa shape index (κ2) is 48.5. The van der Waals surface area contributed by atoms with Crippen LogP contribution in [0.5, 0.6) is 0 Å². The first-order valence-corrected chi connectivity index (χ1v) is 24.4. The Bertz CT molecular complexity index is 1280. The molecule has 21 heteroatoms. The monoisotopic (exact) mass is 964 g/mol. The van der Waals surface area contributed by atoms with Gasteiger partial charge in [0.25, 0.3) is 0 Å². The van der Waals surface area contributed by atoms with E-state index in [2.05, 4.69) is 26.6 Å². The van der Waals surface area contributed by atoms with Crippen molar-refractivity contribution in [3.8, 4) is 0 Å². The van der Waals surface area contributed by atoms with Gasteiger partial charge in [-0.15, -0.1) is 0 Å². The topological polar surface area (TPSA) is 285 Å². The molecular weight excluding hydrogens is 879 g/mol. The molecule has 0 unspecified atom stereocenters. The molecule has 5 amide bonds. The summed E-state index contributed by atoms with van der Waals surface area (Å²) in [4.78, 5) is 82.2. The largest absolute Gasteiger partial charge is 0.481 e. The number of carbonyl (C=O) groups excluding carboxylic acids is 5. The van der Waals surface area contributed by atoms with Gasteiger partial charge in [0.2, 0.25) is 29.5 Å². The minimum atomic E-state index is -1.19. The van der Waals surface area contributed by atoms with Gasteiger partial charge < -0.3 is 70.0 Å². The predicted octanol–water partition coefficient (Wildman–Crippen LogP) is 2.65. The molecule has 0 aromatic heterocycles. The lowest BCUT2D eigenvalue weighted by atomic mass is 10.0. The highest BCUT2D eigenvalue weighted by molar-refractivity contribution is 5.84. The summed E-state index contributed by atoms with van der Waals surface area (Å²) in [7, 11) is 0. The number of ether oxygens (including phenoxy) is 7. The Balaban J connectivity index is 3.60. The number of rotatable bonds is 51. The van der Waals surface area contributed by atoms with Gasteiger partial charge in [0.05, 0.1) is 66.1 Å². The first-order valence-electron chi connectivity index (χ1n) is 24.4. The molecule has 21 nitrogen and oxygen atoms in total. The summed E-state index contributed by atoms with van der Waals surface area (Å²) in [6, 6.07) is -1.15. The zero-order chi connectivity index (χ0) is 49.3. The Morgan fingerprint density at radius 3 is 1.06 bits per heavy atom. The van der Waals surface area contributed by atoms with Crippen molar-refractivity contribution in [2.24, 2.45) is 0 Å². The zero-order valence-corrected chi connectivity index (χ0v) is 40.4. The molecule has 1 atom stereocenters. The number of nitrogens with one attached hydrogen (secondary N) is 5. The predicted molar refractivity (Wildman–Crippen MR) is 248 cm³/mol. The summed E-state index contributed by atoms with van der Waals surface area (Å²) in [5.41, 5.74) is 0. The molecule has 0 spiro atoms. The fraction of sp³-hybridized carbons (Fsp3) is 0.848. The van der Waals surface area contributed by atoms with Gasteiger partial charge in [-0.2, -0.15) is 0 Å². The van der Waals surface area contributed by atoms with Gasteiger partial charge in [0.1, 0.15) is 25.9 Å². The average molecular weight is 964 g/mol. The Hall–Kier alpha value is -3.99. The Kier molecular flexibility index (Phi) is 45.6. The Morgan fingerprint density at radius 1 is 0.373 bits per heavy atom. The van der Waals surface area contributed by atoms with E-state index in [9.17, 15) is 38.7 Å². The number of aliphatic carboxylic acids is 2. The van der Waals surface area contributed by atoms with Crippen molar-refractivity contribution in [3.63, 3.8) is 0 Å². The fourth-order valence-corrected chi connectivity index (χ4v) is 6.18. The van der Waals surface area contributed by atoms with Crippen LogP contribution in [-0.2, 0) is 66.7 Å². The van der Waals surface area contributed by atoms with Crippen LogP contribution in [-0.4, -0.2) is 176 Å². The lowest BCUT2D eigenvalue weighted by Crippen LogP contribution is -2.41. The van der Waals surface area contributed by atoms with Crippen molar-refractivity contribution < 1.29 is 76.9 Å². The Labute approximate surface area is 397 Å². The molecule has 0 fully saturated rings. The van der Waals surface area contributed by atoms with E-state index < -0.39 is 18.0 Å². The van der Waals surface area contributed by atoms with Crippen LogP contribution in [0, 0.1) is 0 Å². The van der Waals surface area contributed by atoms with Gasteiger partial charge in [-0.3, -0.25) is 28.8 Å². The molecular formula is C46H85N5O16. The van der Waals surface area contributed by atoms with E-state index in [0.717, 1.165) is 51.4 Å². The molecule has 0 heterocycles. The molecule has 0 saturated heterocycles. The molecule has 0 aromatic rings. The quantitative estimate of drug-likeness (QED) is 0.0432. The van der Waals surface area contributed by atoms with E-state index in [1.807, 2.05) is 6.92 Å². The van der Waals surface area contributed by atoms with Crippen molar-refractivity contribution in [2.45, 2.75) is 135 Å². The number of carboxylic acid groups (broad SMARTS) is 2. The summed E-state index contributed by atoms with van der Waals surface area (Å²) < 4.78 is 37.2. The van der Waals surface area contributed by atoms with E-state index in [1.54, 1.807) is 0 Å². The molecule has 0 aliphatic heterocycles.